The van der Waals surface area contributed by atoms with E-state index in [1.165, 1.54) is 0 Å². The SMILES string of the molecule is C[C@@H](CN1CCN(C)CC1)NC(=O)C[C@H]1CNC(=O)c2cc(-c3cccc(Cl)c3)c(I)n21. The maximum atomic E-state index is 12.9. The average Bonchev–Trinajstić information content (AvgIpc) is 3.10. The number of fused-ring (bicyclic) bond motifs is 1. The number of likely N-dealkylation sites (N-methyl/N-ethyl adjacent to an activating group) is 1. The molecule has 0 bridgehead atoms. The van der Waals surface area contributed by atoms with Gasteiger partial charge in [0.15, 0.2) is 0 Å². The molecule has 4 rings (SSSR count). The molecule has 2 N–H and O–H groups in total. The molecule has 172 valence electrons. The summed E-state index contributed by atoms with van der Waals surface area (Å²) in [4.78, 5) is 30.1. The summed E-state index contributed by atoms with van der Waals surface area (Å²) in [6.07, 6.45) is 0.319. The van der Waals surface area contributed by atoms with Crippen LogP contribution in [0.1, 0.15) is 29.9 Å². The largest absolute Gasteiger partial charge is 0.352 e. The summed E-state index contributed by atoms with van der Waals surface area (Å²) in [5.74, 6) is -0.108. The predicted molar refractivity (Wildman–Crippen MR) is 135 cm³/mol. The molecule has 0 radical (unpaired) electrons. The van der Waals surface area contributed by atoms with Crippen LogP contribution in [0.15, 0.2) is 30.3 Å². The van der Waals surface area contributed by atoms with Gasteiger partial charge < -0.3 is 20.1 Å². The highest BCUT2D eigenvalue weighted by Crippen LogP contribution is 2.34. The quantitative estimate of drug-likeness (QED) is 0.525. The highest BCUT2D eigenvalue weighted by atomic mass is 127. The van der Waals surface area contributed by atoms with Gasteiger partial charge >= 0.3 is 0 Å². The van der Waals surface area contributed by atoms with Crippen LogP contribution in [0.2, 0.25) is 5.02 Å². The molecule has 32 heavy (non-hydrogen) atoms. The van der Waals surface area contributed by atoms with E-state index < -0.39 is 0 Å². The molecule has 7 nitrogen and oxygen atoms in total. The van der Waals surface area contributed by atoms with E-state index in [4.69, 9.17) is 11.6 Å². The molecule has 0 saturated carbocycles. The van der Waals surface area contributed by atoms with Crippen molar-refractivity contribution in [2.24, 2.45) is 0 Å². The topological polar surface area (TPSA) is 69.6 Å². The second kappa shape index (κ2) is 10.1. The van der Waals surface area contributed by atoms with Crippen LogP contribution < -0.4 is 10.6 Å². The predicted octanol–water partition coefficient (Wildman–Crippen LogP) is 2.84. The van der Waals surface area contributed by atoms with Gasteiger partial charge in [-0.25, -0.2) is 0 Å². The van der Waals surface area contributed by atoms with Gasteiger partial charge in [-0.05, 0) is 60.3 Å². The Hall–Kier alpha value is -1.62. The summed E-state index contributed by atoms with van der Waals surface area (Å²) < 4.78 is 2.94. The first kappa shape index (κ1) is 23.5. The highest BCUT2D eigenvalue weighted by molar-refractivity contribution is 14.1. The number of amides is 2. The van der Waals surface area contributed by atoms with Gasteiger partial charge in [0.25, 0.3) is 5.91 Å². The minimum Gasteiger partial charge on any atom is -0.352 e. The normalized spacial score (nSPS) is 20.5. The number of nitrogens with one attached hydrogen (secondary N) is 2. The molecule has 0 aliphatic carbocycles. The van der Waals surface area contributed by atoms with Crippen LogP contribution >= 0.6 is 34.2 Å². The molecule has 9 heteroatoms. The van der Waals surface area contributed by atoms with Crippen molar-refractivity contribution < 1.29 is 9.59 Å². The molecule has 0 spiro atoms. The van der Waals surface area contributed by atoms with E-state index in [0.29, 0.717) is 23.7 Å². The molecule has 1 aromatic carbocycles. The van der Waals surface area contributed by atoms with Crippen molar-refractivity contribution >= 4 is 46.0 Å². The van der Waals surface area contributed by atoms with Crippen molar-refractivity contribution in [3.8, 4) is 11.1 Å². The van der Waals surface area contributed by atoms with Gasteiger partial charge in [-0.3, -0.25) is 14.5 Å². The maximum Gasteiger partial charge on any atom is 0.268 e. The smallest absolute Gasteiger partial charge is 0.268 e. The maximum absolute atomic E-state index is 12.9. The molecule has 2 amide bonds. The van der Waals surface area contributed by atoms with Crippen LogP contribution in [-0.2, 0) is 4.79 Å². The third kappa shape index (κ3) is 5.30. The average molecular weight is 570 g/mol. The summed E-state index contributed by atoms with van der Waals surface area (Å²) in [6.45, 7) is 7.53. The summed E-state index contributed by atoms with van der Waals surface area (Å²) in [5.41, 5.74) is 2.49. The van der Waals surface area contributed by atoms with Gasteiger partial charge in [0.1, 0.15) is 5.69 Å². The Labute approximate surface area is 207 Å². The number of rotatable bonds is 6. The van der Waals surface area contributed by atoms with Crippen molar-refractivity contribution in [1.82, 2.24) is 25.0 Å². The molecule has 2 aromatic rings. The fourth-order valence-electron chi connectivity index (χ4n) is 4.46. The summed E-state index contributed by atoms with van der Waals surface area (Å²) in [5, 5.41) is 6.74. The molecule has 2 aliphatic rings. The van der Waals surface area contributed by atoms with Crippen LogP contribution in [-0.4, -0.2) is 78.5 Å². The van der Waals surface area contributed by atoms with Gasteiger partial charge in [0.2, 0.25) is 5.91 Å². The van der Waals surface area contributed by atoms with Crippen LogP contribution in [0.25, 0.3) is 11.1 Å². The van der Waals surface area contributed by atoms with Gasteiger partial charge in [0.05, 0.1) is 9.74 Å². The van der Waals surface area contributed by atoms with Gasteiger partial charge in [0, 0.05) is 62.3 Å². The van der Waals surface area contributed by atoms with Gasteiger partial charge in [-0.15, -0.1) is 0 Å². The number of carbonyl (C=O) groups is 2. The number of carbonyl (C=O) groups excluding carboxylic acids is 2. The molecule has 2 aliphatic heterocycles. The zero-order valence-electron chi connectivity index (χ0n) is 18.4. The van der Waals surface area contributed by atoms with Crippen LogP contribution in [0.4, 0.5) is 0 Å². The Morgan fingerprint density at radius 3 is 2.75 bits per heavy atom. The third-order valence-electron chi connectivity index (χ3n) is 6.16. The Balaban J connectivity index is 1.44. The second-order valence-corrected chi connectivity index (χ2v) is 10.2. The molecular formula is C23H29ClIN5O2. The Morgan fingerprint density at radius 1 is 1.28 bits per heavy atom. The van der Waals surface area contributed by atoms with E-state index in [0.717, 1.165) is 47.6 Å². The Bertz CT molecular complexity index is 1000. The number of piperazine rings is 1. The number of halogens is 2. The van der Waals surface area contributed by atoms with E-state index in [2.05, 4.69) is 57.0 Å². The van der Waals surface area contributed by atoms with E-state index in [1.807, 2.05) is 34.9 Å². The van der Waals surface area contributed by atoms with E-state index >= 15 is 0 Å². The van der Waals surface area contributed by atoms with E-state index in [9.17, 15) is 9.59 Å². The molecule has 2 atom stereocenters. The third-order valence-corrected chi connectivity index (χ3v) is 7.50. The first-order chi connectivity index (χ1) is 15.3. The summed E-state index contributed by atoms with van der Waals surface area (Å²) in [6, 6.07) is 9.45. The van der Waals surface area contributed by atoms with Crippen molar-refractivity contribution in [2.75, 3.05) is 46.3 Å². The summed E-state index contributed by atoms with van der Waals surface area (Å²) in [7, 11) is 2.14. The minimum atomic E-state index is -0.127. The van der Waals surface area contributed by atoms with Crippen molar-refractivity contribution in [1.29, 1.82) is 0 Å². The van der Waals surface area contributed by atoms with Crippen LogP contribution in [0, 0.1) is 3.70 Å². The lowest BCUT2D eigenvalue weighted by atomic mass is 10.1. The van der Waals surface area contributed by atoms with Crippen LogP contribution in [0.5, 0.6) is 0 Å². The molecule has 0 unspecified atom stereocenters. The lowest BCUT2D eigenvalue weighted by Gasteiger charge is -2.34. The number of hydrogen-bond donors (Lipinski definition) is 2. The van der Waals surface area contributed by atoms with Crippen molar-refractivity contribution in [2.45, 2.75) is 25.4 Å². The second-order valence-electron chi connectivity index (χ2n) is 8.75. The molecule has 3 heterocycles. The molecule has 1 fully saturated rings. The molecule has 1 saturated heterocycles. The Kier molecular flexibility index (Phi) is 7.44. The fourth-order valence-corrected chi connectivity index (χ4v) is 5.77. The van der Waals surface area contributed by atoms with E-state index in [-0.39, 0.29) is 23.9 Å². The van der Waals surface area contributed by atoms with Crippen molar-refractivity contribution in [3.63, 3.8) is 0 Å². The zero-order valence-corrected chi connectivity index (χ0v) is 21.3. The summed E-state index contributed by atoms with van der Waals surface area (Å²) >= 11 is 8.45. The lowest BCUT2D eigenvalue weighted by molar-refractivity contribution is -0.122. The van der Waals surface area contributed by atoms with Crippen molar-refractivity contribution in [3.05, 3.63) is 44.7 Å². The minimum absolute atomic E-state index is 0.00697. The molecule has 1 aromatic heterocycles. The lowest BCUT2D eigenvalue weighted by Crippen LogP contribution is -2.50. The Morgan fingerprint density at radius 2 is 2.03 bits per heavy atom. The van der Waals surface area contributed by atoms with Crippen LogP contribution in [0.3, 0.4) is 0 Å². The monoisotopic (exact) mass is 569 g/mol. The molecular weight excluding hydrogens is 541 g/mol. The number of nitrogens with zero attached hydrogens (tertiary/aromatic N) is 3. The highest BCUT2D eigenvalue weighted by Gasteiger charge is 2.31. The number of aromatic nitrogens is 1. The van der Waals surface area contributed by atoms with Gasteiger partial charge in [-0.1, -0.05) is 23.7 Å². The zero-order chi connectivity index (χ0) is 22.8. The number of benzene rings is 1. The van der Waals surface area contributed by atoms with E-state index in [1.54, 1.807) is 0 Å². The fraction of sp³-hybridized carbons (Fsp3) is 0.478. The van der Waals surface area contributed by atoms with Gasteiger partial charge in [-0.2, -0.15) is 0 Å². The first-order valence-corrected chi connectivity index (χ1v) is 12.4. The first-order valence-electron chi connectivity index (χ1n) is 11.0. The standard InChI is InChI=1S/C23H29ClIN5O2/c1-15(14-29-8-6-28(2)7-9-29)27-21(31)11-18-13-26-23(32)20-12-19(22(25)30(18)20)16-4-3-5-17(24)10-16/h3-5,10,12,15,18H,6-9,11,13-14H2,1-2H3,(H,26,32)(H,27,31)/t15-,18-/m0/s1. The number of hydrogen-bond acceptors (Lipinski definition) is 4.